The van der Waals surface area contributed by atoms with E-state index >= 15 is 0 Å². The molecule has 0 atom stereocenters. The number of nitro groups is 1. The van der Waals surface area contributed by atoms with Crippen molar-refractivity contribution in [1.29, 1.82) is 0 Å². The van der Waals surface area contributed by atoms with Gasteiger partial charge >= 0.3 is 6.18 Å². The molecule has 11 nitrogen and oxygen atoms in total. The average molecular weight is 535 g/mol. The number of aromatic nitrogens is 2. The van der Waals surface area contributed by atoms with E-state index in [2.05, 4.69) is 9.97 Å². The van der Waals surface area contributed by atoms with Gasteiger partial charge in [0.1, 0.15) is 28.5 Å². The third kappa shape index (κ3) is 5.30. The number of rotatable bonds is 8. The number of aromatic amines is 1. The van der Waals surface area contributed by atoms with Gasteiger partial charge in [0.2, 0.25) is 9.84 Å². The van der Waals surface area contributed by atoms with E-state index in [9.17, 15) is 36.5 Å². The van der Waals surface area contributed by atoms with Gasteiger partial charge in [-0.1, -0.05) is 6.07 Å². The van der Waals surface area contributed by atoms with Crippen LogP contribution in [0, 0.1) is 10.1 Å². The number of pyridine rings is 1. The highest BCUT2D eigenvalue weighted by Gasteiger charge is 2.31. The summed E-state index contributed by atoms with van der Waals surface area (Å²) in [6.45, 7) is -1.57. The Morgan fingerprint density at radius 3 is 2.62 bits per heavy atom. The van der Waals surface area contributed by atoms with Crippen LogP contribution in [0.4, 0.5) is 24.5 Å². The summed E-state index contributed by atoms with van der Waals surface area (Å²) in [5.41, 5.74) is 4.21. The van der Waals surface area contributed by atoms with Crippen molar-refractivity contribution < 1.29 is 36.0 Å². The molecule has 0 saturated heterocycles. The molecule has 37 heavy (non-hydrogen) atoms. The fraction of sp³-hybridized carbons (Fsp3) is 0.0909. The highest BCUT2D eigenvalue weighted by atomic mass is 32.2. The molecule has 2 aromatic heterocycles. The lowest BCUT2D eigenvalue weighted by molar-refractivity contribution is -0.384. The van der Waals surface area contributed by atoms with Crippen molar-refractivity contribution in [2.75, 3.05) is 11.9 Å². The van der Waals surface area contributed by atoms with Crippen molar-refractivity contribution in [3.63, 3.8) is 0 Å². The molecule has 4 aromatic rings. The molecule has 1 amide bonds. The third-order valence-corrected chi connectivity index (χ3v) is 6.86. The molecule has 2 aromatic carbocycles. The molecule has 0 saturated carbocycles. The van der Waals surface area contributed by atoms with Gasteiger partial charge in [0, 0.05) is 17.6 Å². The zero-order valence-corrected chi connectivity index (χ0v) is 19.3. The molecule has 0 spiro atoms. The molecule has 0 fully saturated rings. The summed E-state index contributed by atoms with van der Waals surface area (Å²) >= 11 is 0. The minimum absolute atomic E-state index is 0.0647. The fourth-order valence-corrected chi connectivity index (χ4v) is 4.84. The van der Waals surface area contributed by atoms with Crippen molar-refractivity contribution in [2.24, 2.45) is 5.73 Å². The summed E-state index contributed by atoms with van der Waals surface area (Å²) < 4.78 is 70.5. The molecule has 0 aliphatic heterocycles. The van der Waals surface area contributed by atoms with Gasteiger partial charge < -0.3 is 20.8 Å². The molecular formula is C22H16F3N5O6S. The minimum Gasteiger partial charge on any atom is -0.453 e. The zero-order chi connectivity index (χ0) is 27.0. The number of nitrogens with one attached hydrogen (secondary N) is 2. The number of carbonyl (C=O) groups excluding carboxylic acids is 1. The first-order chi connectivity index (χ1) is 17.4. The van der Waals surface area contributed by atoms with E-state index in [0.29, 0.717) is 17.1 Å². The molecule has 0 bridgehead atoms. The predicted molar refractivity (Wildman–Crippen MR) is 124 cm³/mol. The Balaban J connectivity index is 1.81. The second-order valence-corrected chi connectivity index (χ2v) is 9.51. The van der Waals surface area contributed by atoms with Crippen LogP contribution in [0.15, 0.2) is 70.7 Å². The van der Waals surface area contributed by atoms with Crippen LogP contribution in [-0.4, -0.2) is 41.9 Å². The lowest BCUT2D eigenvalue weighted by atomic mass is 10.2. The summed E-state index contributed by atoms with van der Waals surface area (Å²) in [5.74, 6) is -1.40. The number of primary amides is 1. The van der Waals surface area contributed by atoms with Crippen LogP contribution >= 0.6 is 0 Å². The van der Waals surface area contributed by atoms with Gasteiger partial charge in [-0.3, -0.25) is 14.9 Å². The van der Waals surface area contributed by atoms with Gasteiger partial charge in [0.05, 0.1) is 21.6 Å². The first kappa shape index (κ1) is 25.4. The van der Waals surface area contributed by atoms with E-state index in [-0.39, 0.29) is 11.3 Å². The number of hydrogen-bond acceptors (Lipinski definition) is 8. The molecule has 0 radical (unpaired) electrons. The van der Waals surface area contributed by atoms with Crippen molar-refractivity contribution >= 4 is 38.2 Å². The maximum Gasteiger partial charge on any atom is 0.405 e. The van der Waals surface area contributed by atoms with Crippen LogP contribution in [0.5, 0.6) is 11.5 Å². The van der Waals surface area contributed by atoms with Gasteiger partial charge in [-0.15, -0.1) is 0 Å². The topological polar surface area (TPSA) is 170 Å². The number of alkyl halides is 3. The van der Waals surface area contributed by atoms with E-state index in [1.54, 1.807) is 12.3 Å². The van der Waals surface area contributed by atoms with Crippen molar-refractivity contribution in [3.8, 4) is 11.5 Å². The van der Waals surface area contributed by atoms with Gasteiger partial charge in [-0.25, -0.2) is 13.4 Å². The summed E-state index contributed by atoms with van der Waals surface area (Å²) in [6, 6.07) is 9.11. The summed E-state index contributed by atoms with van der Waals surface area (Å²) in [5, 5.41) is 14.0. The van der Waals surface area contributed by atoms with Gasteiger partial charge in [-0.05, 0) is 36.4 Å². The molecule has 15 heteroatoms. The largest absolute Gasteiger partial charge is 0.453 e. The lowest BCUT2D eigenvalue weighted by Gasteiger charge is -2.15. The van der Waals surface area contributed by atoms with Crippen molar-refractivity contribution in [1.82, 2.24) is 9.97 Å². The predicted octanol–water partition coefficient (Wildman–Crippen LogP) is 4.17. The number of anilines is 1. The number of carbonyl (C=O) groups is 1. The normalized spacial score (nSPS) is 11.9. The third-order valence-electron chi connectivity index (χ3n) is 5.08. The maximum atomic E-state index is 13.5. The zero-order valence-electron chi connectivity index (χ0n) is 18.4. The standard InChI is InChI=1S/C22H16F3N5O6S/c23-22(24,25)11-29-16-5-4-14(9-17(16)30(32)33)37(34,35)18-3-1-2-15(20(26)31)19(18)36-13-8-12-6-7-27-21(12)28-10-13/h1-10,29H,11H2,(H2,26,31)(H,27,28). The van der Waals surface area contributed by atoms with Gasteiger partial charge in [0.15, 0.2) is 5.75 Å². The smallest absolute Gasteiger partial charge is 0.405 e. The maximum absolute atomic E-state index is 13.5. The summed E-state index contributed by atoms with van der Waals surface area (Å²) in [7, 11) is -4.61. The van der Waals surface area contributed by atoms with E-state index in [0.717, 1.165) is 18.2 Å². The van der Waals surface area contributed by atoms with E-state index < -0.39 is 60.3 Å². The van der Waals surface area contributed by atoms with Crippen LogP contribution < -0.4 is 15.8 Å². The number of H-pyrrole nitrogens is 1. The Morgan fingerprint density at radius 1 is 1.19 bits per heavy atom. The van der Waals surface area contributed by atoms with Crippen LogP contribution in [0.3, 0.4) is 0 Å². The summed E-state index contributed by atoms with van der Waals surface area (Å²) in [4.78, 5) is 28.4. The Bertz CT molecular complexity index is 1640. The molecule has 2 heterocycles. The number of nitrogens with zero attached hydrogens (tertiary/aromatic N) is 2. The SMILES string of the molecule is NC(=O)c1cccc(S(=O)(=O)c2ccc(NCC(F)(F)F)c([N+](=O)[O-])c2)c1Oc1cnc2[nH]ccc2c1. The number of fused-ring (bicyclic) bond motifs is 1. The first-order valence-electron chi connectivity index (χ1n) is 10.2. The van der Waals surface area contributed by atoms with Gasteiger partial charge in [0.25, 0.3) is 11.6 Å². The molecule has 0 aliphatic carbocycles. The Labute approximate surface area is 206 Å². The highest BCUT2D eigenvalue weighted by molar-refractivity contribution is 7.91. The Hall–Kier alpha value is -4.66. The van der Waals surface area contributed by atoms with E-state index in [4.69, 9.17) is 10.5 Å². The molecule has 192 valence electrons. The number of benzene rings is 2. The summed E-state index contributed by atoms with van der Waals surface area (Å²) in [6.07, 6.45) is -1.77. The van der Waals surface area contributed by atoms with E-state index in [1.165, 1.54) is 24.4 Å². The van der Waals surface area contributed by atoms with Crippen molar-refractivity contribution in [3.05, 3.63) is 76.6 Å². The molecule has 4 N–H and O–H groups in total. The average Bonchev–Trinajstić information content (AvgIpc) is 3.30. The number of sulfone groups is 1. The monoisotopic (exact) mass is 535 g/mol. The lowest BCUT2D eigenvalue weighted by Crippen LogP contribution is -2.21. The van der Waals surface area contributed by atoms with Gasteiger partial charge in [-0.2, -0.15) is 13.2 Å². The number of ether oxygens (including phenoxy) is 1. The first-order valence-corrected chi connectivity index (χ1v) is 11.7. The fourth-order valence-electron chi connectivity index (χ4n) is 3.42. The minimum atomic E-state index is -4.67. The quantitative estimate of drug-likeness (QED) is 0.223. The number of para-hydroxylation sites is 1. The number of amides is 1. The second-order valence-electron chi connectivity index (χ2n) is 7.59. The number of halogens is 3. The van der Waals surface area contributed by atoms with Crippen LogP contribution in [0.2, 0.25) is 0 Å². The number of nitro benzene ring substituents is 1. The van der Waals surface area contributed by atoms with Crippen LogP contribution in [-0.2, 0) is 9.84 Å². The molecular weight excluding hydrogens is 519 g/mol. The second kappa shape index (κ2) is 9.42. The number of hydrogen-bond donors (Lipinski definition) is 3. The van der Waals surface area contributed by atoms with E-state index in [1.807, 2.05) is 5.32 Å². The molecule has 0 unspecified atom stereocenters. The number of nitrogens with two attached hydrogens (primary N) is 1. The molecule has 4 rings (SSSR count). The highest BCUT2D eigenvalue weighted by Crippen LogP contribution is 2.38. The van der Waals surface area contributed by atoms with Crippen LogP contribution in [0.1, 0.15) is 10.4 Å². The molecule has 0 aliphatic rings. The Morgan fingerprint density at radius 2 is 1.95 bits per heavy atom. The Kier molecular flexibility index (Phi) is 6.48. The van der Waals surface area contributed by atoms with Crippen molar-refractivity contribution in [2.45, 2.75) is 16.0 Å². The van der Waals surface area contributed by atoms with Crippen LogP contribution in [0.25, 0.3) is 11.0 Å².